The Hall–Kier alpha value is -4.21. The standard InChI is InChI=1S/C20H19N5O5/c1-12(13-4-7-15(8-5-13)25(27)28)21-24-20(26)17-11-16(22-23-17)14-6-9-18(29-2)19(10-14)30-3/h4-11H,1-3H3,(H,22,23)(H,24,26)/b21-12+. The van der Waals surface area contributed by atoms with Gasteiger partial charge in [-0.1, -0.05) is 0 Å². The van der Waals surface area contributed by atoms with Gasteiger partial charge in [0.1, 0.15) is 5.69 Å². The fraction of sp³-hybridized carbons (Fsp3) is 0.150. The van der Waals surface area contributed by atoms with Crippen molar-refractivity contribution in [1.29, 1.82) is 0 Å². The first kappa shape index (κ1) is 20.5. The number of nitrogens with one attached hydrogen (secondary N) is 2. The highest BCUT2D eigenvalue weighted by Crippen LogP contribution is 2.31. The summed E-state index contributed by atoms with van der Waals surface area (Å²) >= 11 is 0. The lowest BCUT2D eigenvalue weighted by atomic mass is 10.1. The number of nitrogens with zero attached hydrogens (tertiary/aromatic N) is 3. The predicted octanol–water partition coefficient (Wildman–Crippen LogP) is 3.16. The number of aromatic amines is 1. The molecule has 0 unspecified atom stereocenters. The maximum absolute atomic E-state index is 12.4. The highest BCUT2D eigenvalue weighted by Gasteiger charge is 2.13. The fourth-order valence-corrected chi connectivity index (χ4v) is 2.67. The van der Waals surface area contributed by atoms with E-state index in [1.807, 2.05) is 0 Å². The monoisotopic (exact) mass is 409 g/mol. The van der Waals surface area contributed by atoms with E-state index in [0.29, 0.717) is 28.5 Å². The Bertz CT molecular complexity index is 1110. The molecule has 154 valence electrons. The zero-order valence-electron chi connectivity index (χ0n) is 16.5. The van der Waals surface area contributed by atoms with Crippen LogP contribution in [0.1, 0.15) is 23.0 Å². The molecule has 2 N–H and O–H groups in total. The van der Waals surface area contributed by atoms with Crippen molar-refractivity contribution in [2.75, 3.05) is 14.2 Å². The summed E-state index contributed by atoms with van der Waals surface area (Å²) in [6, 6.07) is 12.8. The van der Waals surface area contributed by atoms with Crippen molar-refractivity contribution in [2.24, 2.45) is 5.10 Å². The number of amides is 1. The smallest absolute Gasteiger partial charge is 0.289 e. The van der Waals surface area contributed by atoms with Crippen LogP contribution < -0.4 is 14.9 Å². The highest BCUT2D eigenvalue weighted by molar-refractivity contribution is 6.00. The molecule has 10 heteroatoms. The van der Waals surface area contributed by atoms with Crippen molar-refractivity contribution in [3.05, 3.63) is 69.9 Å². The molecule has 0 saturated carbocycles. The van der Waals surface area contributed by atoms with Crippen molar-refractivity contribution in [1.82, 2.24) is 15.6 Å². The van der Waals surface area contributed by atoms with Crippen LogP contribution in [0.15, 0.2) is 53.6 Å². The zero-order chi connectivity index (χ0) is 21.7. The number of rotatable bonds is 7. The van der Waals surface area contributed by atoms with E-state index >= 15 is 0 Å². The van der Waals surface area contributed by atoms with Crippen LogP contribution in [0.2, 0.25) is 0 Å². The molecular weight excluding hydrogens is 390 g/mol. The van der Waals surface area contributed by atoms with Crippen LogP contribution in [0.3, 0.4) is 0 Å². The van der Waals surface area contributed by atoms with E-state index in [4.69, 9.17) is 9.47 Å². The van der Waals surface area contributed by atoms with Crippen LogP contribution in [-0.4, -0.2) is 41.0 Å². The van der Waals surface area contributed by atoms with E-state index in [0.717, 1.165) is 5.56 Å². The molecule has 2 aromatic carbocycles. The lowest BCUT2D eigenvalue weighted by Crippen LogP contribution is -2.19. The van der Waals surface area contributed by atoms with Gasteiger partial charge in [-0.05, 0) is 48.9 Å². The quantitative estimate of drug-likeness (QED) is 0.350. The maximum Gasteiger partial charge on any atom is 0.289 e. The van der Waals surface area contributed by atoms with Gasteiger partial charge < -0.3 is 9.47 Å². The Balaban J connectivity index is 1.72. The van der Waals surface area contributed by atoms with Gasteiger partial charge >= 0.3 is 0 Å². The molecule has 30 heavy (non-hydrogen) atoms. The van der Waals surface area contributed by atoms with Gasteiger partial charge in [-0.2, -0.15) is 10.2 Å². The number of nitro groups is 1. The number of non-ortho nitro benzene ring substituents is 1. The van der Waals surface area contributed by atoms with Gasteiger partial charge in [0.25, 0.3) is 11.6 Å². The minimum absolute atomic E-state index is 0.0178. The molecule has 0 aliphatic rings. The third-order valence-corrected chi connectivity index (χ3v) is 4.32. The first-order chi connectivity index (χ1) is 14.4. The van der Waals surface area contributed by atoms with E-state index < -0.39 is 10.8 Å². The number of carbonyl (C=O) groups excluding carboxylic acids is 1. The number of ether oxygens (including phenoxy) is 2. The SMILES string of the molecule is COc1ccc(-c2cc(C(=O)N/N=C(\C)c3ccc([N+](=O)[O-])cc3)[nH]n2)cc1OC. The summed E-state index contributed by atoms with van der Waals surface area (Å²) in [6.45, 7) is 1.68. The van der Waals surface area contributed by atoms with Crippen LogP contribution >= 0.6 is 0 Å². The third kappa shape index (κ3) is 4.43. The van der Waals surface area contributed by atoms with E-state index in [2.05, 4.69) is 20.7 Å². The molecule has 10 nitrogen and oxygen atoms in total. The average Bonchev–Trinajstić information content (AvgIpc) is 3.27. The second-order valence-corrected chi connectivity index (χ2v) is 6.18. The van der Waals surface area contributed by atoms with Crippen LogP contribution in [0, 0.1) is 10.1 Å². The summed E-state index contributed by atoms with van der Waals surface area (Å²) in [6.07, 6.45) is 0. The van der Waals surface area contributed by atoms with Crippen LogP contribution in [0.5, 0.6) is 11.5 Å². The average molecular weight is 409 g/mol. The predicted molar refractivity (Wildman–Crippen MR) is 110 cm³/mol. The summed E-state index contributed by atoms with van der Waals surface area (Å²) in [5.74, 6) is 0.661. The number of hydrogen-bond donors (Lipinski definition) is 2. The van der Waals surface area contributed by atoms with Gasteiger partial charge in [-0.25, -0.2) is 5.43 Å². The van der Waals surface area contributed by atoms with E-state index in [1.54, 1.807) is 50.4 Å². The Morgan fingerprint density at radius 1 is 1.10 bits per heavy atom. The first-order valence-corrected chi connectivity index (χ1v) is 8.80. The molecule has 0 saturated heterocycles. The zero-order valence-corrected chi connectivity index (χ0v) is 16.5. The lowest BCUT2D eigenvalue weighted by Gasteiger charge is -2.08. The van der Waals surface area contributed by atoms with Crippen molar-refractivity contribution in [3.63, 3.8) is 0 Å². The molecule has 0 atom stereocenters. The number of nitro benzene ring substituents is 1. The Morgan fingerprint density at radius 3 is 2.43 bits per heavy atom. The molecule has 3 rings (SSSR count). The second-order valence-electron chi connectivity index (χ2n) is 6.18. The van der Waals surface area contributed by atoms with Gasteiger partial charge in [0.2, 0.25) is 0 Å². The van der Waals surface area contributed by atoms with Gasteiger partial charge in [-0.3, -0.25) is 20.0 Å². The van der Waals surface area contributed by atoms with E-state index in [9.17, 15) is 14.9 Å². The van der Waals surface area contributed by atoms with Gasteiger partial charge in [0, 0.05) is 17.7 Å². The first-order valence-electron chi connectivity index (χ1n) is 8.80. The Labute approximate surface area is 171 Å². The van der Waals surface area contributed by atoms with Crippen molar-refractivity contribution < 1.29 is 19.2 Å². The number of carbonyl (C=O) groups is 1. The number of hydrazone groups is 1. The second kappa shape index (κ2) is 8.86. The number of hydrogen-bond acceptors (Lipinski definition) is 7. The third-order valence-electron chi connectivity index (χ3n) is 4.32. The van der Waals surface area contributed by atoms with Gasteiger partial charge in [-0.15, -0.1) is 0 Å². The molecule has 1 aromatic heterocycles. The van der Waals surface area contributed by atoms with Gasteiger partial charge in [0.05, 0.1) is 30.5 Å². The summed E-state index contributed by atoms with van der Waals surface area (Å²) in [4.78, 5) is 22.6. The summed E-state index contributed by atoms with van der Waals surface area (Å²) < 4.78 is 10.5. The van der Waals surface area contributed by atoms with Crippen LogP contribution in [-0.2, 0) is 0 Å². The minimum Gasteiger partial charge on any atom is -0.493 e. The van der Waals surface area contributed by atoms with Crippen molar-refractivity contribution in [2.45, 2.75) is 6.92 Å². The number of H-pyrrole nitrogens is 1. The molecule has 0 bridgehead atoms. The van der Waals surface area contributed by atoms with Crippen molar-refractivity contribution in [3.8, 4) is 22.8 Å². The minimum atomic E-state index is -0.480. The highest BCUT2D eigenvalue weighted by atomic mass is 16.6. The van der Waals surface area contributed by atoms with Gasteiger partial charge in [0.15, 0.2) is 11.5 Å². The molecule has 1 amide bonds. The molecule has 0 radical (unpaired) electrons. The number of benzene rings is 2. The summed E-state index contributed by atoms with van der Waals surface area (Å²) in [5.41, 5.74) is 5.09. The fourth-order valence-electron chi connectivity index (χ4n) is 2.67. The topological polar surface area (TPSA) is 132 Å². The molecule has 0 aliphatic heterocycles. The largest absolute Gasteiger partial charge is 0.493 e. The lowest BCUT2D eigenvalue weighted by molar-refractivity contribution is -0.384. The molecule has 0 aliphatic carbocycles. The Kier molecular flexibility index (Phi) is 6.06. The molecule has 1 heterocycles. The molecule has 0 fully saturated rings. The van der Waals surface area contributed by atoms with Crippen LogP contribution in [0.4, 0.5) is 5.69 Å². The number of aromatic nitrogens is 2. The van der Waals surface area contributed by atoms with E-state index in [1.165, 1.54) is 19.2 Å². The van der Waals surface area contributed by atoms with E-state index in [-0.39, 0.29) is 11.4 Å². The Morgan fingerprint density at radius 2 is 1.80 bits per heavy atom. The van der Waals surface area contributed by atoms with Crippen molar-refractivity contribution >= 4 is 17.3 Å². The molecular formula is C20H19N5O5. The molecule has 3 aromatic rings. The molecule has 0 spiro atoms. The number of methoxy groups -OCH3 is 2. The summed E-state index contributed by atoms with van der Waals surface area (Å²) in [7, 11) is 3.09. The maximum atomic E-state index is 12.4. The summed E-state index contributed by atoms with van der Waals surface area (Å²) in [5, 5.41) is 21.6. The normalized spacial score (nSPS) is 11.1. The van der Waals surface area contributed by atoms with Crippen LogP contribution in [0.25, 0.3) is 11.3 Å².